The Morgan fingerprint density at radius 1 is 0.806 bits per heavy atom. The highest BCUT2D eigenvalue weighted by atomic mass is 79.9. The summed E-state index contributed by atoms with van der Waals surface area (Å²) in [6, 6.07) is 36.8. The van der Waals surface area contributed by atoms with Crippen LogP contribution in [-0.4, -0.2) is 21.8 Å². The third-order valence-electron chi connectivity index (χ3n) is 5.75. The molecule has 0 atom stereocenters. The van der Waals surface area contributed by atoms with Gasteiger partial charge in [0.15, 0.2) is 0 Å². The van der Waals surface area contributed by atoms with Crippen molar-refractivity contribution in [2.75, 3.05) is 0 Å². The van der Waals surface area contributed by atoms with Crippen LogP contribution in [-0.2, 0) is 0 Å². The third-order valence-corrected chi connectivity index (χ3v) is 6.28. The quantitative estimate of drug-likeness (QED) is 0.181. The number of aromatic hydroxyl groups is 1. The van der Waals surface area contributed by atoms with Crippen molar-refractivity contribution in [2.45, 2.75) is 0 Å². The first-order valence-electron chi connectivity index (χ1n) is 11.4. The molecule has 5 aromatic rings. The molecule has 1 aromatic heterocycles. The van der Waals surface area contributed by atoms with E-state index in [1.807, 2.05) is 48.5 Å². The van der Waals surface area contributed by atoms with Crippen molar-refractivity contribution in [3.63, 3.8) is 0 Å². The van der Waals surface area contributed by atoms with Gasteiger partial charge in [-0.15, -0.1) is 0 Å². The summed E-state index contributed by atoms with van der Waals surface area (Å²) in [6.45, 7) is 0. The summed E-state index contributed by atoms with van der Waals surface area (Å²) in [7, 11) is 0. The number of aromatic nitrogens is 1. The Balaban J connectivity index is 1.64. The maximum atomic E-state index is 12.6. The molecule has 0 spiro atoms. The molecule has 0 aliphatic carbocycles. The van der Waals surface area contributed by atoms with Gasteiger partial charge in [-0.1, -0.05) is 88.7 Å². The van der Waals surface area contributed by atoms with Crippen LogP contribution < -0.4 is 5.43 Å². The number of phenolic OH excluding ortho intramolecular Hbond substituents is 1. The van der Waals surface area contributed by atoms with Crippen LogP contribution in [0, 0.1) is 0 Å². The number of para-hydroxylation sites is 1. The van der Waals surface area contributed by atoms with Crippen molar-refractivity contribution in [3.05, 3.63) is 131 Å². The monoisotopic (exact) mass is 535 g/mol. The van der Waals surface area contributed by atoms with Crippen molar-refractivity contribution < 1.29 is 9.90 Å². The summed E-state index contributed by atoms with van der Waals surface area (Å²) in [5.41, 5.74) is 8.52. The predicted octanol–water partition coefficient (Wildman–Crippen LogP) is 7.04. The number of halogens is 1. The summed E-state index contributed by atoms with van der Waals surface area (Å²) in [4.78, 5) is 12.6. The largest absolute Gasteiger partial charge is 0.507 e. The summed E-state index contributed by atoms with van der Waals surface area (Å²) in [5.74, 6) is -0.579. The van der Waals surface area contributed by atoms with Gasteiger partial charge in [0.1, 0.15) is 5.75 Å². The van der Waals surface area contributed by atoms with Gasteiger partial charge in [0.2, 0.25) is 0 Å². The zero-order chi connectivity index (χ0) is 24.9. The maximum Gasteiger partial charge on any atom is 0.275 e. The molecule has 176 valence electrons. The fourth-order valence-electron chi connectivity index (χ4n) is 4.09. The smallest absolute Gasteiger partial charge is 0.275 e. The fraction of sp³-hybridized carbons (Fsp3) is 0. The zero-order valence-electron chi connectivity index (χ0n) is 19.2. The lowest BCUT2D eigenvalue weighted by Gasteiger charge is -2.15. The number of nitrogens with zero attached hydrogens (tertiary/aromatic N) is 2. The lowest BCUT2D eigenvalue weighted by molar-refractivity contribution is 0.0952. The van der Waals surface area contributed by atoms with Crippen molar-refractivity contribution in [1.82, 2.24) is 9.99 Å². The van der Waals surface area contributed by atoms with Gasteiger partial charge in [-0.05, 0) is 53.6 Å². The van der Waals surface area contributed by atoms with Crippen molar-refractivity contribution in [1.29, 1.82) is 0 Å². The number of hydrogen-bond acceptors (Lipinski definition) is 3. The highest BCUT2D eigenvalue weighted by Gasteiger charge is 2.19. The number of carbonyl (C=O) groups excluding carboxylic acids is 1. The van der Waals surface area contributed by atoms with Gasteiger partial charge in [-0.2, -0.15) is 5.10 Å². The average molecular weight is 536 g/mol. The Labute approximate surface area is 217 Å². The summed E-state index contributed by atoms with van der Waals surface area (Å²) in [6.07, 6.45) is 1.64. The number of rotatable bonds is 6. The number of carbonyl (C=O) groups is 1. The molecule has 1 heterocycles. The average Bonchev–Trinajstić information content (AvgIpc) is 3.29. The molecular formula is C30H22BrN3O2. The van der Waals surface area contributed by atoms with E-state index in [2.05, 4.69) is 73.5 Å². The summed E-state index contributed by atoms with van der Waals surface area (Å²) in [5, 5.41) is 14.2. The molecule has 6 heteroatoms. The van der Waals surface area contributed by atoms with Crippen molar-refractivity contribution >= 4 is 28.1 Å². The number of hydrogen-bond donors (Lipinski definition) is 2. The van der Waals surface area contributed by atoms with Crippen LogP contribution in [0.25, 0.3) is 28.2 Å². The number of hydrazone groups is 1. The van der Waals surface area contributed by atoms with E-state index in [0.717, 1.165) is 38.2 Å². The highest BCUT2D eigenvalue weighted by Crippen LogP contribution is 2.35. The molecule has 5 nitrogen and oxygen atoms in total. The van der Waals surface area contributed by atoms with Crippen LogP contribution in [0.4, 0.5) is 0 Å². The Morgan fingerprint density at radius 3 is 2.08 bits per heavy atom. The summed E-state index contributed by atoms with van der Waals surface area (Å²) < 4.78 is 3.19. The van der Waals surface area contributed by atoms with Gasteiger partial charge < -0.3 is 9.67 Å². The van der Waals surface area contributed by atoms with Crippen LogP contribution in [0.5, 0.6) is 5.75 Å². The van der Waals surface area contributed by atoms with Crippen LogP contribution in [0.15, 0.2) is 125 Å². The van der Waals surface area contributed by atoms with E-state index in [1.54, 1.807) is 24.4 Å². The second kappa shape index (κ2) is 10.5. The van der Waals surface area contributed by atoms with Crippen molar-refractivity contribution in [2.24, 2.45) is 5.10 Å². The molecule has 0 aliphatic heterocycles. The minimum atomic E-state index is -0.485. The maximum absolute atomic E-state index is 12.6. The fourth-order valence-corrected chi connectivity index (χ4v) is 4.35. The van der Waals surface area contributed by atoms with Gasteiger partial charge in [0, 0.05) is 15.7 Å². The SMILES string of the molecule is O=C(N/N=C\c1cc(-c2ccccc2)n(-c2ccc(Br)cc2)c1-c1ccccc1)c1ccccc1O. The first kappa shape index (κ1) is 23.3. The minimum absolute atomic E-state index is 0.0945. The molecule has 0 fully saturated rings. The van der Waals surface area contributed by atoms with Crippen LogP contribution in [0.1, 0.15) is 15.9 Å². The Kier molecular flexibility index (Phi) is 6.78. The number of phenols is 1. The molecule has 36 heavy (non-hydrogen) atoms. The second-order valence-corrected chi connectivity index (χ2v) is 9.01. The van der Waals surface area contributed by atoms with Gasteiger partial charge in [-0.25, -0.2) is 5.43 Å². The minimum Gasteiger partial charge on any atom is -0.507 e. The first-order chi connectivity index (χ1) is 17.6. The topological polar surface area (TPSA) is 66.6 Å². The zero-order valence-corrected chi connectivity index (χ0v) is 20.8. The van der Waals surface area contributed by atoms with E-state index in [9.17, 15) is 9.90 Å². The summed E-state index contributed by atoms with van der Waals surface area (Å²) >= 11 is 3.53. The molecule has 2 N–H and O–H groups in total. The number of benzene rings is 4. The molecule has 0 unspecified atom stereocenters. The Bertz CT molecular complexity index is 1530. The molecule has 0 radical (unpaired) electrons. The first-order valence-corrected chi connectivity index (χ1v) is 12.1. The van der Waals surface area contributed by atoms with Crippen LogP contribution >= 0.6 is 15.9 Å². The Hall–Kier alpha value is -4.42. The molecule has 0 saturated carbocycles. The van der Waals surface area contributed by atoms with E-state index in [-0.39, 0.29) is 11.3 Å². The van der Waals surface area contributed by atoms with Gasteiger partial charge in [0.05, 0.1) is 23.2 Å². The van der Waals surface area contributed by atoms with Crippen LogP contribution in [0.2, 0.25) is 0 Å². The highest BCUT2D eigenvalue weighted by molar-refractivity contribution is 9.10. The predicted molar refractivity (Wildman–Crippen MR) is 148 cm³/mol. The van der Waals surface area contributed by atoms with Gasteiger partial charge >= 0.3 is 0 Å². The molecule has 0 aliphatic rings. The van der Waals surface area contributed by atoms with E-state index in [4.69, 9.17) is 0 Å². The van der Waals surface area contributed by atoms with E-state index >= 15 is 0 Å². The molecule has 0 saturated heterocycles. The number of nitrogens with one attached hydrogen (secondary N) is 1. The van der Waals surface area contributed by atoms with Crippen molar-refractivity contribution in [3.8, 4) is 34.0 Å². The molecule has 4 aromatic carbocycles. The second-order valence-electron chi connectivity index (χ2n) is 8.09. The molecule has 1 amide bonds. The van der Waals surface area contributed by atoms with E-state index in [0.29, 0.717) is 0 Å². The Morgan fingerprint density at radius 2 is 1.42 bits per heavy atom. The standard InChI is InChI=1S/C30H22BrN3O2/c31-24-15-17-25(18-16-24)34-27(21-9-3-1-4-10-21)19-23(29(34)22-11-5-2-6-12-22)20-32-33-30(36)26-13-7-8-14-28(26)35/h1-20,35H,(H,33,36)/b32-20-. The number of amides is 1. The lowest BCUT2D eigenvalue weighted by atomic mass is 10.1. The normalized spacial score (nSPS) is 11.0. The molecule has 5 rings (SSSR count). The third kappa shape index (κ3) is 4.85. The van der Waals surface area contributed by atoms with Crippen LogP contribution in [0.3, 0.4) is 0 Å². The van der Waals surface area contributed by atoms with E-state index in [1.165, 1.54) is 6.07 Å². The van der Waals surface area contributed by atoms with Gasteiger partial charge in [-0.3, -0.25) is 4.79 Å². The van der Waals surface area contributed by atoms with Gasteiger partial charge in [0.25, 0.3) is 5.91 Å². The van der Waals surface area contributed by atoms with E-state index < -0.39 is 5.91 Å². The lowest BCUT2D eigenvalue weighted by Crippen LogP contribution is -2.17. The molecule has 0 bridgehead atoms. The molecular weight excluding hydrogens is 514 g/mol.